The molecule has 0 aliphatic heterocycles. The fourth-order valence-corrected chi connectivity index (χ4v) is 2.99. The van der Waals surface area contributed by atoms with Crippen molar-refractivity contribution in [2.24, 2.45) is 0 Å². The second kappa shape index (κ2) is 9.87. The van der Waals surface area contributed by atoms with Gasteiger partial charge in [0.1, 0.15) is 0 Å². The SMILES string of the molecule is CCOP(=O)(/C=C/[C@H](O)COCc1ccccc1)OCC. The van der Waals surface area contributed by atoms with Gasteiger partial charge < -0.3 is 18.9 Å². The Morgan fingerprint density at radius 2 is 1.81 bits per heavy atom. The van der Waals surface area contributed by atoms with Crippen LogP contribution in [0, 0.1) is 0 Å². The topological polar surface area (TPSA) is 65.0 Å². The van der Waals surface area contributed by atoms with Crippen LogP contribution in [0.15, 0.2) is 42.2 Å². The van der Waals surface area contributed by atoms with E-state index in [1.165, 1.54) is 11.9 Å². The van der Waals surface area contributed by atoms with Crippen molar-refractivity contribution in [3.8, 4) is 0 Å². The maximum Gasteiger partial charge on any atom is 0.353 e. The van der Waals surface area contributed by atoms with E-state index in [0.29, 0.717) is 6.61 Å². The van der Waals surface area contributed by atoms with Gasteiger partial charge in [0.15, 0.2) is 0 Å². The van der Waals surface area contributed by atoms with Crippen molar-refractivity contribution in [1.82, 2.24) is 0 Å². The van der Waals surface area contributed by atoms with E-state index in [0.717, 1.165) is 5.56 Å². The number of rotatable bonds is 10. The first-order valence-corrected chi connectivity index (χ1v) is 8.58. The van der Waals surface area contributed by atoms with Gasteiger partial charge in [0.05, 0.1) is 32.5 Å². The molecule has 0 aliphatic rings. The third kappa shape index (κ3) is 7.55. The smallest absolute Gasteiger partial charge is 0.353 e. The van der Waals surface area contributed by atoms with Gasteiger partial charge in [0.25, 0.3) is 0 Å². The second-order valence-corrected chi connectivity index (χ2v) is 6.18. The van der Waals surface area contributed by atoms with E-state index in [1.807, 2.05) is 30.3 Å². The van der Waals surface area contributed by atoms with E-state index >= 15 is 0 Å². The molecule has 21 heavy (non-hydrogen) atoms. The first kappa shape index (κ1) is 18.1. The average Bonchev–Trinajstić information content (AvgIpc) is 2.47. The minimum atomic E-state index is -3.26. The van der Waals surface area contributed by atoms with Crippen molar-refractivity contribution in [3.05, 3.63) is 47.8 Å². The summed E-state index contributed by atoms with van der Waals surface area (Å²) in [6.07, 6.45) is 0.528. The fourth-order valence-electron chi connectivity index (χ4n) is 1.62. The largest absolute Gasteiger partial charge is 0.387 e. The van der Waals surface area contributed by atoms with Crippen molar-refractivity contribution in [2.45, 2.75) is 26.6 Å². The van der Waals surface area contributed by atoms with E-state index in [-0.39, 0.29) is 19.8 Å². The molecule has 6 heteroatoms. The van der Waals surface area contributed by atoms with Gasteiger partial charge in [0.2, 0.25) is 0 Å². The summed E-state index contributed by atoms with van der Waals surface area (Å²) >= 11 is 0. The van der Waals surface area contributed by atoms with Crippen LogP contribution in [0.1, 0.15) is 19.4 Å². The highest BCUT2D eigenvalue weighted by Crippen LogP contribution is 2.49. The number of hydrogen-bond donors (Lipinski definition) is 1. The molecule has 1 atom stereocenters. The molecule has 0 heterocycles. The van der Waals surface area contributed by atoms with Crippen LogP contribution < -0.4 is 0 Å². The summed E-state index contributed by atoms with van der Waals surface area (Å²) in [5.41, 5.74) is 1.03. The lowest BCUT2D eigenvalue weighted by Crippen LogP contribution is -2.12. The van der Waals surface area contributed by atoms with Crippen LogP contribution in [0.3, 0.4) is 0 Å². The van der Waals surface area contributed by atoms with Crippen LogP contribution in [0.2, 0.25) is 0 Å². The molecule has 0 bridgehead atoms. The standard InChI is InChI=1S/C15H23O5P/c1-3-19-21(17,20-4-2)11-10-15(16)13-18-12-14-8-6-5-7-9-14/h5-11,15-16H,3-4,12-13H2,1-2H3/b11-10+/t15-/m0/s1. The second-order valence-electron chi connectivity index (χ2n) is 4.28. The average molecular weight is 314 g/mol. The molecule has 0 saturated carbocycles. The van der Waals surface area contributed by atoms with Gasteiger partial charge >= 0.3 is 7.60 Å². The van der Waals surface area contributed by atoms with Crippen LogP contribution in [-0.2, 0) is 25.0 Å². The molecule has 118 valence electrons. The number of aliphatic hydroxyl groups is 1. The minimum Gasteiger partial charge on any atom is -0.387 e. The lowest BCUT2D eigenvalue weighted by Gasteiger charge is -2.13. The third-order valence-corrected chi connectivity index (χ3v) is 4.28. The van der Waals surface area contributed by atoms with Gasteiger partial charge in [-0.15, -0.1) is 0 Å². The zero-order valence-corrected chi connectivity index (χ0v) is 13.4. The van der Waals surface area contributed by atoms with Crippen LogP contribution in [0.4, 0.5) is 0 Å². The van der Waals surface area contributed by atoms with E-state index in [2.05, 4.69) is 0 Å². The normalized spacial score (nSPS) is 13.7. The lowest BCUT2D eigenvalue weighted by molar-refractivity contribution is 0.0503. The van der Waals surface area contributed by atoms with Gasteiger partial charge in [0, 0.05) is 5.82 Å². The molecule has 1 aromatic rings. The summed E-state index contributed by atoms with van der Waals surface area (Å²) in [5.74, 6) is 1.29. The predicted molar refractivity (Wildman–Crippen MR) is 82.1 cm³/mol. The molecule has 0 aliphatic carbocycles. The van der Waals surface area contributed by atoms with Gasteiger partial charge in [-0.2, -0.15) is 0 Å². The summed E-state index contributed by atoms with van der Waals surface area (Å²) in [5, 5.41) is 9.78. The highest BCUT2D eigenvalue weighted by atomic mass is 31.2. The molecule has 0 spiro atoms. The van der Waals surface area contributed by atoms with E-state index in [9.17, 15) is 9.67 Å². The molecule has 0 fully saturated rings. The zero-order valence-electron chi connectivity index (χ0n) is 12.5. The molecule has 5 nitrogen and oxygen atoms in total. The van der Waals surface area contributed by atoms with Crippen molar-refractivity contribution >= 4 is 7.60 Å². The molecule has 0 aromatic heterocycles. The van der Waals surface area contributed by atoms with Crippen molar-refractivity contribution in [2.75, 3.05) is 19.8 Å². The highest BCUT2D eigenvalue weighted by Gasteiger charge is 2.19. The molecule has 1 N–H and O–H groups in total. The number of ether oxygens (including phenoxy) is 1. The van der Waals surface area contributed by atoms with E-state index in [1.54, 1.807) is 13.8 Å². The Bertz CT molecular complexity index is 450. The van der Waals surface area contributed by atoms with Crippen LogP contribution in [0.25, 0.3) is 0 Å². The van der Waals surface area contributed by atoms with Gasteiger partial charge in [-0.05, 0) is 25.5 Å². The Labute approximate surface area is 126 Å². The Hall–Kier alpha value is -0.970. The summed E-state index contributed by atoms with van der Waals surface area (Å²) in [4.78, 5) is 0. The van der Waals surface area contributed by atoms with Crippen LogP contribution in [-0.4, -0.2) is 31.0 Å². The summed E-state index contributed by atoms with van der Waals surface area (Å²) in [6.45, 7) is 4.56. The molecule has 0 radical (unpaired) electrons. The molecule has 0 unspecified atom stereocenters. The molecular weight excluding hydrogens is 291 g/mol. The highest BCUT2D eigenvalue weighted by molar-refractivity contribution is 7.57. The predicted octanol–water partition coefficient (Wildman–Crippen LogP) is 3.34. The van der Waals surface area contributed by atoms with Crippen LogP contribution in [0.5, 0.6) is 0 Å². The maximum atomic E-state index is 12.1. The Morgan fingerprint density at radius 1 is 1.19 bits per heavy atom. The van der Waals surface area contributed by atoms with Gasteiger partial charge in [-0.3, -0.25) is 4.57 Å². The molecule has 0 amide bonds. The molecule has 1 rings (SSSR count). The quantitative estimate of drug-likeness (QED) is 0.671. The van der Waals surface area contributed by atoms with E-state index < -0.39 is 13.7 Å². The third-order valence-electron chi connectivity index (χ3n) is 2.51. The Kier molecular flexibility index (Phi) is 8.50. The van der Waals surface area contributed by atoms with Crippen molar-refractivity contribution in [1.29, 1.82) is 0 Å². The lowest BCUT2D eigenvalue weighted by atomic mass is 10.2. The van der Waals surface area contributed by atoms with E-state index in [4.69, 9.17) is 13.8 Å². The van der Waals surface area contributed by atoms with Gasteiger partial charge in [-0.25, -0.2) is 0 Å². The minimum absolute atomic E-state index is 0.115. The Morgan fingerprint density at radius 3 is 2.38 bits per heavy atom. The van der Waals surface area contributed by atoms with Crippen molar-refractivity contribution < 1.29 is 23.5 Å². The summed E-state index contributed by atoms with van der Waals surface area (Å²) in [6, 6.07) is 9.67. The van der Waals surface area contributed by atoms with Crippen molar-refractivity contribution in [3.63, 3.8) is 0 Å². The first-order chi connectivity index (χ1) is 10.1. The summed E-state index contributed by atoms with van der Waals surface area (Å²) < 4.78 is 27.7. The maximum absolute atomic E-state index is 12.1. The summed E-state index contributed by atoms with van der Waals surface area (Å²) in [7, 11) is -3.26. The fraction of sp³-hybridized carbons (Fsp3) is 0.467. The molecular formula is C15H23O5P. The Balaban J connectivity index is 2.39. The first-order valence-electron chi connectivity index (χ1n) is 6.97. The number of aliphatic hydroxyl groups excluding tert-OH is 1. The van der Waals surface area contributed by atoms with Gasteiger partial charge in [-0.1, -0.05) is 30.3 Å². The number of hydrogen-bond acceptors (Lipinski definition) is 5. The number of benzene rings is 1. The molecule has 1 aromatic carbocycles. The monoisotopic (exact) mass is 314 g/mol. The molecule has 0 saturated heterocycles. The van der Waals surface area contributed by atoms with Crippen LogP contribution >= 0.6 is 7.60 Å². The zero-order chi connectivity index (χ0) is 15.6.